The van der Waals surface area contributed by atoms with Gasteiger partial charge in [0.05, 0.1) is 12.0 Å². The average molecular weight is 416 g/mol. The summed E-state index contributed by atoms with van der Waals surface area (Å²) >= 11 is 0. The van der Waals surface area contributed by atoms with Gasteiger partial charge in [-0.1, -0.05) is 12.1 Å². The Morgan fingerprint density at radius 1 is 1.17 bits per heavy atom. The number of nitrogens with one attached hydrogen (secondary N) is 2. The number of benzene rings is 1. The molecule has 11 heteroatoms. The molecule has 0 atom stereocenters. The van der Waals surface area contributed by atoms with Crippen LogP contribution < -0.4 is 14.8 Å². The number of urea groups is 1. The molecule has 2 aromatic heterocycles. The quantitative estimate of drug-likeness (QED) is 0.584. The first-order valence-electron chi connectivity index (χ1n) is 8.20. The summed E-state index contributed by atoms with van der Waals surface area (Å²) in [6.45, 7) is 1.66. The Morgan fingerprint density at radius 2 is 1.93 bits per heavy atom. The standard InChI is InChI=1S/C18H16N4O6S/c1-11-9-16(27-2)20-17(19-11)21-18(24)22-29(25,26)15-6-4-3-5-13(15)14-8-7-12(10-23)28-14/h3-10H,1-2H3,(H2,19,20,21,22,24). The van der Waals surface area contributed by atoms with Crippen molar-refractivity contribution in [2.75, 3.05) is 12.4 Å². The Hall–Kier alpha value is -3.73. The zero-order chi connectivity index (χ0) is 21.0. The molecule has 0 saturated heterocycles. The van der Waals surface area contributed by atoms with E-state index in [1.54, 1.807) is 19.1 Å². The smallest absolute Gasteiger partial charge is 0.335 e. The molecule has 3 aromatic rings. The van der Waals surface area contributed by atoms with Gasteiger partial charge in [0.25, 0.3) is 10.0 Å². The molecular formula is C18H16N4O6S. The number of aromatic nitrogens is 2. The van der Waals surface area contributed by atoms with Crippen molar-refractivity contribution in [1.82, 2.24) is 14.7 Å². The van der Waals surface area contributed by atoms with E-state index < -0.39 is 16.1 Å². The van der Waals surface area contributed by atoms with Crippen LogP contribution in [0.4, 0.5) is 10.7 Å². The number of hydrogen-bond donors (Lipinski definition) is 2. The highest BCUT2D eigenvalue weighted by Crippen LogP contribution is 2.28. The SMILES string of the molecule is COc1cc(C)nc(NC(=O)NS(=O)(=O)c2ccccc2-c2ccc(C=O)o2)n1. The lowest BCUT2D eigenvalue weighted by Crippen LogP contribution is -2.35. The van der Waals surface area contributed by atoms with Crippen molar-refractivity contribution in [1.29, 1.82) is 0 Å². The number of aldehydes is 1. The monoisotopic (exact) mass is 416 g/mol. The molecule has 0 radical (unpaired) electrons. The number of carbonyl (C=O) groups is 2. The molecule has 0 spiro atoms. The van der Waals surface area contributed by atoms with Gasteiger partial charge < -0.3 is 9.15 Å². The Kier molecular flexibility index (Phi) is 5.59. The number of anilines is 1. The minimum atomic E-state index is -4.28. The number of carbonyl (C=O) groups excluding carboxylic acids is 2. The van der Waals surface area contributed by atoms with Crippen LogP contribution in [0.5, 0.6) is 5.88 Å². The largest absolute Gasteiger partial charge is 0.481 e. The first-order chi connectivity index (χ1) is 13.8. The van der Waals surface area contributed by atoms with Crippen molar-refractivity contribution in [3.63, 3.8) is 0 Å². The van der Waals surface area contributed by atoms with E-state index in [2.05, 4.69) is 15.3 Å². The Morgan fingerprint density at radius 3 is 2.62 bits per heavy atom. The van der Waals surface area contributed by atoms with Gasteiger partial charge >= 0.3 is 6.03 Å². The Balaban J connectivity index is 1.86. The molecule has 2 heterocycles. The lowest BCUT2D eigenvalue weighted by Gasteiger charge is -2.11. The van der Waals surface area contributed by atoms with Crippen LogP contribution in [0.3, 0.4) is 0 Å². The van der Waals surface area contributed by atoms with Gasteiger partial charge in [-0.3, -0.25) is 10.1 Å². The molecule has 150 valence electrons. The first-order valence-corrected chi connectivity index (χ1v) is 9.68. The highest BCUT2D eigenvalue weighted by Gasteiger charge is 2.23. The molecule has 3 rings (SSSR count). The summed E-state index contributed by atoms with van der Waals surface area (Å²) in [5.41, 5.74) is 0.707. The van der Waals surface area contributed by atoms with Crippen LogP contribution in [0.2, 0.25) is 0 Å². The maximum Gasteiger partial charge on any atom is 0.335 e. The van der Waals surface area contributed by atoms with Crippen molar-refractivity contribution in [2.45, 2.75) is 11.8 Å². The lowest BCUT2D eigenvalue weighted by molar-refractivity contribution is 0.110. The second kappa shape index (κ2) is 8.10. The summed E-state index contributed by atoms with van der Waals surface area (Å²) in [5, 5.41) is 2.25. The van der Waals surface area contributed by atoms with Crippen molar-refractivity contribution in [3.05, 3.63) is 53.9 Å². The normalized spacial score (nSPS) is 11.0. The predicted octanol–water partition coefficient (Wildman–Crippen LogP) is 2.38. The van der Waals surface area contributed by atoms with Gasteiger partial charge in [0, 0.05) is 17.3 Å². The van der Waals surface area contributed by atoms with Crippen molar-refractivity contribution in [3.8, 4) is 17.2 Å². The van der Waals surface area contributed by atoms with Crippen molar-refractivity contribution in [2.24, 2.45) is 0 Å². The molecule has 0 aliphatic rings. The molecular weight excluding hydrogens is 400 g/mol. The van der Waals surface area contributed by atoms with E-state index in [1.807, 2.05) is 4.72 Å². The predicted molar refractivity (Wildman–Crippen MR) is 102 cm³/mol. The summed E-state index contributed by atoms with van der Waals surface area (Å²) in [6.07, 6.45) is 0.502. The molecule has 0 fully saturated rings. The highest BCUT2D eigenvalue weighted by molar-refractivity contribution is 7.90. The number of sulfonamides is 1. The average Bonchev–Trinajstić information content (AvgIpc) is 3.16. The number of methoxy groups -OCH3 is 1. The minimum Gasteiger partial charge on any atom is -0.481 e. The molecule has 0 bridgehead atoms. The molecule has 0 unspecified atom stereocenters. The van der Waals surface area contributed by atoms with E-state index in [4.69, 9.17) is 9.15 Å². The molecule has 2 N–H and O–H groups in total. The number of ether oxygens (including phenoxy) is 1. The van der Waals surface area contributed by atoms with Crippen LogP contribution in [0.1, 0.15) is 16.2 Å². The van der Waals surface area contributed by atoms with Gasteiger partial charge in [-0.15, -0.1) is 0 Å². The van der Waals surface area contributed by atoms with Gasteiger partial charge in [-0.05, 0) is 31.2 Å². The van der Waals surface area contributed by atoms with Crippen LogP contribution in [-0.4, -0.2) is 37.8 Å². The summed E-state index contributed by atoms with van der Waals surface area (Å²) < 4.78 is 37.7. The number of nitrogens with zero attached hydrogens (tertiary/aromatic N) is 2. The van der Waals surface area contributed by atoms with Gasteiger partial charge in [0.1, 0.15) is 5.76 Å². The third-order valence-corrected chi connectivity index (χ3v) is 5.07. The maximum atomic E-state index is 12.7. The van der Waals surface area contributed by atoms with E-state index in [1.165, 1.54) is 37.4 Å². The van der Waals surface area contributed by atoms with Gasteiger partial charge in [-0.2, -0.15) is 4.98 Å². The summed E-state index contributed by atoms with van der Waals surface area (Å²) in [7, 11) is -2.88. The van der Waals surface area contributed by atoms with Crippen molar-refractivity contribution < 1.29 is 27.2 Å². The number of hydrogen-bond acceptors (Lipinski definition) is 8. The Bertz CT molecular complexity index is 1170. The topological polar surface area (TPSA) is 140 Å². The van der Waals surface area contributed by atoms with Crippen LogP contribution in [0.15, 0.2) is 51.8 Å². The summed E-state index contributed by atoms with van der Waals surface area (Å²) in [6, 6.07) is 9.26. The Labute approximate surface area is 166 Å². The maximum absolute atomic E-state index is 12.7. The molecule has 29 heavy (non-hydrogen) atoms. The third-order valence-electron chi connectivity index (χ3n) is 3.68. The van der Waals surface area contributed by atoms with Gasteiger partial charge in [0.2, 0.25) is 11.8 Å². The van der Waals surface area contributed by atoms with E-state index in [0.717, 1.165) is 0 Å². The van der Waals surface area contributed by atoms with Crippen LogP contribution in [0.25, 0.3) is 11.3 Å². The number of furan rings is 1. The number of amides is 2. The first kappa shape index (κ1) is 20.0. The van der Waals surface area contributed by atoms with Gasteiger partial charge in [0.15, 0.2) is 12.0 Å². The fourth-order valence-corrected chi connectivity index (χ4v) is 3.59. The summed E-state index contributed by atoms with van der Waals surface area (Å²) in [4.78, 5) is 30.8. The third kappa shape index (κ3) is 4.58. The van der Waals surface area contributed by atoms with E-state index in [-0.39, 0.29) is 33.8 Å². The second-order valence-electron chi connectivity index (χ2n) is 5.75. The van der Waals surface area contributed by atoms with Gasteiger partial charge in [-0.25, -0.2) is 22.9 Å². The fourth-order valence-electron chi connectivity index (χ4n) is 2.47. The second-order valence-corrected chi connectivity index (χ2v) is 7.40. The zero-order valence-electron chi connectivity index (χ0n) is 15.4. The van der Waals surface area contributed by atoms with Crippen LogP contribution in [-0.2, 0) is 10.0 Å². The fraction of sp³-hybridized carbons (Fsp3) is 0.111. The van der Waals surface area contributed by atoms with E-state index >= 15 is 0 Å². The number of aryl methyl sites for hydroxylation is 1. The molecule has 2 amide bonds. The lowest BCUT2D eigenvalue weighted by atomic mass is 10.2. The number of rotatable bonds is 6. The van der Waals surface area contributed by atoms with Crippen molar-refractivity contribution >= 4 is 28.3 Å². The van der Waals surface area contributed by atoms with E-state index in [0.29, 0.717) is 12.0 Å². The summed E-state index contributed by atoms with van der Waals surface area (Å²) in [5.74, 6) is 0.304. The molecule has 0 aliphatic heterocycles. The molecule has 0 saturated carbocycles. The van der Waals surface area contributed by atoms with E-state index in [9.17, 15) is 18.0 Å². The molecule has 10 nitrogen and oxygen atoms in total. The van der Waals surface area contributed by atoms with Crippen LogP contribution in [0, 0.1) is 6.92 Å². The molecule has 0 aliphatic carbocycles. The zero-order valence-corrected chi connectivity index (χ0v) is 16.2. The highest BCUT2D eigenvalue weighted by atomic mass is 32.2. The van der Waals surface area contributed by atoms with Crippen LogP contribution >= 0.6 is 0 Å². The minimum absolute atomic E-state index is 0.0449. The molecule has 1 aromatic carbocycles.